The molecule has 3 nitrogen and oxygen atoms in total. The molecule has 0 aliphatic heterocycles. The maximum Gasteiger partial charge on any atom is 0.0547 e. The van der Waals surface area contributed by atoms with Crippen LogP contribution in [0.15, 0.2) is 18.2 Å². The number of rotatable bonds is 7. The fraction of sp³-hybridized carbons (Fsp3) is 0.667. The Morgan fingerprint density at radius 1 is 1.33 bits per heavy atom. The summed E-state index contributed by atoms with van der Waals surface area (Å²) in [5, 5.41) is 3.57. The second-order valence-electron chi connectivity index (χ2n) is 5.67. The van der Waals surface area contributed by atoms with Gasteiger partial charge < -0.3 is 5.32 Å². The van der Waals surface area contributed by atoms with Crippen molar-refractivity contribution < 1.29 is 0 Å². The van der Waals surface area contributed by atoms with E-state index in [0.717, 1.165) is 37.4 Å². The number of aromatic nitrogens is 1. The van der Waals surface area contributed by atoms with E-state index in [2.05, 4.69) is 55.2 Å². The Morgan fingerprint density at radius 2 is 2.06 bits per heavy atom. The Bertz CT molecular complexity index is 361. The summed E-state index contributed by atoms with van der Waals surface area (Å²) < 4.78 is 0. The van der Waals surface area contributed by atoms with Gasteiger partial charge in [-0.15, -0.1) is 0 Å². The molecular formula is C15H27N3. The van der Waals surface area contributed by atoms with E-state index in [9.17, 15) is 0 Å². The SMILES string of the molecule is CCC(C)(C)NCCN(C)Cc1cccc(C)n1. The van der Waals surface area contributed by atoms with E-state index in [-0.39, 0.29) is 5.54 Å². The fourth-order valence-electron chi connectivity index (χ4n) is 1.75. The Kier molecular flexibility index (Phi) is 5.76. The van der Waals surface area contributed by atoms with Gasteiger partial charge in [-0.1, -0.05) is 13.0 Å². The standard InChI is InChI=1S/C15H27N3/c1-6-15(3,4)16-10-11-18(5)12-14-9-7-8-13(2)17-14/h7-9,16H,6,10-12H2,1-5H3. The molecule has 0 unspecified atom stereocenters. The number of likely N-dealkylation sites (N-methyl/N-ethyl adjacent to an activating group) is 1. The van der Waals surface area contributed by atoms with Crippen molar-refractivity contribution in [3.63, 3.8) is 0 Å². The van der Waals surface area contributed by atoms with Crippen LogP contribution in [0.5, 0.6) is 0 Å². The lowest BCUT2D eigenvalue weighted by Gasteiger charge is -2.26. The average Bonchev–Trinajstić information content (AvgIpc) is 2.28. The summed E-state index contributed by atoms with van der Waals surface area (Å²) >= 11 is 0. The molecule has 0 radical (unpaired) electrons. The largest absolute Gasteiger partial charge is 0.311 e. The third kappa shape index (κ3) is 5.61. The van der Waals surface area contributed by atoms with Gasteiger partial charge in [0.25, 0.3) is 0 Å². The van der Waals surface area contributed by atoms with E-state index in [4.69, 9.17) is 0 Å². The van der Waals surface area contributed by atoms with Crippen LogP contribution in [0.1, 0.15) is 38.6 Å². The minimum atomic E-state index is 0.239. The van der Waals surface area contributed by atoms with Gasteiger partial charge in [-0.3, -0.25) is 9.88 Å². The van der Waals surface area contributed by atoms with Crippen LogP contribution in [0, 0.1) is 6.92 Å². The lowest BCUT2D eigenvalue weighted by molar-refractivity contribution is 0.290. The van der Waals surface area contributed by atoms with Crippen LogP contribution in [-0.2, 0) is 6.54 Å². The predicted octanol–water partition coefficient (Wildman–Crippen LogP) is 2.60. The minimum Gasteiger partial charge on any atom is -0.311 e. The summed E-state index contributed by atoms with van der Waals surface area (Å²) in [5.41, 5.74) is 2.47. The van der Waals surface area contributed by atoms with Gasteiger partial charge >= 0.3 is 0 Å². The molecule has 0 bridgehead atoms. The van der Waals surface area contributed by atoms with Crippen LogP contribution in [0.3, 0.4) is 0 Å². The van der Waals surface area contributed by atoms with Crippen LogP contribution in [0.2, 0.25) is 0 Å². The smallest absolute Gasteiger partial charge is 0.0547 e. The quantitative estimate of drug-likeness (QED) is 0.805. The molecule has 1 aromatic heterocycles. The molecular weight excluding hydrogens is 222 g/mol. The van der Waals surface area contributed by atoms with Gasteiger partial charge in [0.15, 0.2) is 0 Å². The number of pyridine rings is 1. The minimum absolute atomic E-state index is 0.239. The van der Waals surface area contributed by atoms with Gasteiger partial charge in [0.05, 0.1) is 5.69 Å². The highest BCUT2D eigenvalue weighted by Gasteiger charge is 2.13. The molecule has 0 fully saturated rings. The molecule has 0 aliphatic rings. The first-order chi connectivity index (χ1) is 8.43. The van der Waals surface area contributed by atoms with Gasteiger partial charge in [0.2, 0.25) is 0 Å². The summed E-state index contributed by atoms with van der Waals surface area (Å²) in [7, 11) is 2.14. The van der Waals surface area contributed by atoms with E-state index in [1.165, 1.54) is 0 Å². The molecule has 0 amide bonds. The molecule has 0 aromatic carbocycles. The highest BCUT2D eigenvalue weighted by Crippen LogP contribution is 2.06. The van der Waals surface area contributed by atoms with Crippen molar-refractivity contribution in [2.75, 3.05) is 20.1 Å². The third-order valence-electron chi connectivity index (χ3n) is 3.36. The van der Waals surface area contributed by atoms with Gasteiger partial charge in [0, 0.05) is 30.9 Å². The van der Waals surface area contributed by atoms with Crippen molar-refractivity contribution in [3.8, 4) is 0 Å². The summed E-state index contributed by atoms with van der Waals surface area (Å²) in [6.07, 6.45) is 1.15. The molecule has 0 saturated carbocycles. The molecule has 102 valence electrons. The van der Waals surface area contributed by atoms with E-state index < -0.39 is 0 Å². The average molecular weight is 249 g/mol. The molecule has 18 heavy (non-hydrogen) atoms. The van der Waals surface area contributed by atoms with Gasteiger partial charge in [0.1, 0.15) is 0 Å². The first-order valence-electron chi connectivity index (χ1n) is 6.79. The third-order valence-corrected chi connectivity index (χ3v) is 3.36. The molecule has 3 heteroatoms. The van der Waals surface area contributed by atoms with Gasteiger partial charge in [-0.25, -0.2) is 0 Å². The first-order valence-corrected chi connectivity index (χ1v) is 6.79. The summed E-state index contributed by atoms with van der Waals surface area (Å²) in [6.45, 7) is 11.7. The lowest BCUT2D eigenvalue weighted by Crippen LogP contribution is -2.42. The fourth-order valence-corrected chi connectivity index (χ4v) is 1.75. The van der Waals surface area contributed by atoms with E-state index in [1.54, 1.807) is 0 Å². The monoisotopic (exact) mass is 249 g/mol. The van der Waals surface area contributed by atoms with E-state index >= 15 is 0 Å². The number of aryl methyl sites for hydroxylation is 1. The Morgan fingerprint density at radius 3 is 2.67 bits per heavy atom. The normalized spacial score (nSPS) is 12.1. The summed E-state index contributed by atoms with van der Waals surface area (Å²) in [4.78, 5) is 6.83. The maximum atomic E-state index is 4.52. The Balaban J connectivity index is 2.32. The number of nitrogens with one attached hydrogen (secondary N) is 1. The zero-order valence-electron chi connectivity index (χ0n) is 12.5. The van der Waals surface area contributed by atoms with Crippen LogP contribution in [0.4, 0.5) is 0 Å². The Labute approximate surface area is 112 Å². The Hall–Kier alpha value is -0.930. The zero-order chi connectivity index (χ0) is 13.6. The van der Waals surface area contributed by atoms with E-state index in [1.807, 2.05) is 13.0 Å². The van der Waals surface area contributed by atoms with Crippen LogP contribution in [-0.4, -0.2) is 35.6 Å². The van der Waals surface area contributed by atoms with Crippen LogP contribution < -0.4 is 5.32 Å². The molecule has 1 heterocycles. The second kappa shape index (κ2) is 6.86. The van der Waals surface area contributed by atoms with Crippen molar-refractivity contribution in [2.45, 2.75) is 46.2 Å². The molecule has 1 rings (SSSR count). The summed E-state index contributed by atoms with van der Waals surface area (Å²) in [5.74, 6) is 0. The van der Waals surface area contributed by atoms with Crippen molar-refractivity contribution in [2.24, 2.45) is 0 Å². The first kappa shape index (κ1) is 15.1. The predicted molar refractivity (Wildman–Crippen MR) is 77.7 cm³/mol. The van der Waals surface area contributed by atoms with Crippen molar-refractivity contribution in [1.29, 1.82) is 0 Å². The zero-order valence-corrected chi connectivity index (χ0v) is 12.5. The van der Waals surface area contributed by atoms with Crippen LogP contribution in [0.25, 0.3) is 0 Å². The molecule has 1 N–H and O–H groups in total. The molecule has 0 saturated heterocycles. The van der Waals surface area contributed by atoms with Gasteiger partial charge in [-0.2, -0.15) is 0 Å². The molecule has 0 atom stereocenters. The van der Waals surface area contributed by atoms with Crippen molar-refractivity contribution >= 4 is 0 Å². The van der Waals surface area contributed by atoms with E-state index in [0.29, 0.717) is 0 Å². The van der Waals surface area contributed by atoms with Crippen LogP contribution >= 0.6 is 0 Å². The lowest BCUT2D eigenvalue weighted by atomic mass is 10.0. The number of hydrogen-bond donors (Lipinski definition) is 1. The number of nitrogens with zero attached hydrogens (tertiary/aromatic N) is 2. The highest BCUT2D eigenvalue weighted by molar-refractivity contribution is 5.09. The molecule has 1 aromatic rings. The highest BCUT2D eigenvalue weighted by atomic mass is 15.1. The second-order valence-corrected chi connectivity index (χ2v) is 5.67. The molecule has 0 spiro atoms. The van der Waals surface area contributed by atoms with Gasteiger partial charge in [-0.05, 0) is 46.4 Å². The molecule has 0 aliphatic carbocycles. The topological polar surface area (TPSA) is 28.2 Å². The maximum absolute atomic E-state index is 4.52. The summed E-state index contributed by atoms with van der Waals surface area (Å²) in [6, 6.07) is 6.20. The van der Waals surface area contributed by atoms with Crippen molar-refractivity contribution in [3.05, 3.63) is 29.6 Å². The number of hydrogen-bond acceptors (Lipinski definition) is 3. The van der Waals surface area contributed by atoms with Crippen molar-refractivity contribution in [1.82, 2.24) is 15.2 Å².